The van der Waals surface area contributed by atoms with Crippen LogP contribution in [-0.4, -0.2) is 48.5 Å². The van der Waals surface area contributed by atoms with E-state index in [1.54, 1.807) is 61.1 Å². The zero-order valence-electron chi connectivity index (χ0n) is 22.4. The van der Waals surface area contributed by atoms with Crippen molar-refractivity contribution in [3.8, 4) is 5.69 Å². The van der Waals surface area contributed by atoms with Crippen molar-refractivity contribution in [2.24, 2.45) is 0 Å². The van der Waals surface area contributed by atoms with Gasteiger partial charge in [0.2, 0.25) is 5.91 Å². The number of para-hydroxylation sites is 1. The SMILES string of the molecule is C=C(CC(=O)N(C)C)NC(=O)c1ccc(Cc2c(C(=O)OC)n(-c3ccccc3)c3cc(Cl)ccc3c2=O)cc1. The molecule has 204 valence electrons. The average molecular weight is 558 g/mol. The molecule has 4 aromatic rings. The van der Waals surface area contributed by atoms with Crippen LogP contribution in [0, 0.1) is 0 Å². The van der Waals surface area contributed by atoms with Crippen LogP contribution in [-0.2, 0) is 16.0 Å². The molecule has 0 saturated carbocycles. The predicted octanol–water partition coefficient (Wildman–Crippen LogP) is 4.74. The van der Waals surface area contributed by atoms with Crippen molar-refractivity contribution in [1.82, 2.24) is 14.8 Å². The van der Waals surface area contributed by atoms with Gasteiger partial charge in [-0.25, -0.2) is 4.79 Å². The molecule has 40 heavy (non-hydrogen) atoms. The Labute approximate surface area is 236 Å². The number of aromatic nitrogens is 1. The predicted molar refractivity (Wildman–Crippen MR) is 155 cm³/mol. The monoisotopic (exact) mass is 557 g/mol. The highest BCUT2D eigenvalue weighted by Crippen LogP contribution is 2.26. The number of hydrogen-bond acceptors (Lipinski definition) is 5. The van der Waals surface area contributed by atoms with E-state index in [2.05, 4.69) is 11.9 Å². The zero-order chi connectivity index (χ0) is 29.0. The van der Waals surface area contributed by atoms with Gasteiger partial charge in [-0.05, 0) is 48.0 Å². The molecule has 9 heteroatoms. The highest BCUT2D eigenvalue weighted by molar-refractivity contribution is 6.31. The molecule has 1 aromatic heterocycles. The molecule has 0 fully saturated rings. The van der Waals surface area contributed by atoms with Crippen LogP contribution >= 0.6 is 11.6 Å². The number of hydrogen-bond donors (Lipinski definition) is 1. The number of halogens is 1. The molecular formula is C31H28ClN3O5. The third-order valence-corrected chi connectivity index (χ3v) is 6.61. The Morgan fingerprint density at radius 3 is 2.30 bits per heavy atom. The molecule has 0 unspecified atom stereocenters. The number of benzene rings is 3. The molecule has 0 atom stereocenters. The molecule has 0 aliphatic rings. The molecule has 4 rings (SSSR count). The lowest BCUT2D eigenvalue weighted by Gasteiger charge is -2.19. The van der Waals surface area contributed by atoms with Crippen LogP contribution in [0.25, 0.3) is 16.6 Å². The summed E-state index contributed by atoms with van der Waals surface area (Å²) in [5.41, 5.74) is 2.51. The van der Waals surface area contributed by atoms with Gasteiger partial charge < -0.3 is 19.5 Å². The van der Waals surface area contributed by atoms with Gasteiger partial charge in [0.1, 0.15) is 5.69 Å². The fraction of sp³-hybridized carbons (Fsp3) is 0.161. The zero-order valence-corrected chi connectivity index (χ0v) is 23.1. The summed E-state index contributed by atoms with van der Waals surface area (Å²) in [5.74, 6) is -1.26. The highest BCUT2D eigenvalue weighted by atomic mass is 35.5. The average Bonchev–Trinajstić information content (AvgIpc) is 2.94. The summed E-state index contributed by atoms with van der Waals surface area (Å²) in [7, 11) is 4.52. The van der Waals surface area contributed by atoms with E-state index in [9.17, 15) is 19.2 Å². The molecule has 0 bridgehead atoms. The molecule has 1 N–H and O–H groups in total. The van der Waals surface area contributed by atoms with Crippen molar-refractivity contribution in [1.29, 1.82) is 0 Å². The van der Waals surface area contributed by atoms with E-state index in [-0.39, 0.29) is 41.1 Å². The lowest BCUT2D eigenvalue weighted by atomic mass is 9.98. The Morgan fingerprint density at radius 1 is 1.00 bits per heavy atom. The summed E-state index contributed by atoms with van der Waals surface area (Å²) in [4.78, 5) is 52.9. The van der Waals surface area contributed by atoms with Crippen LogP contribution in [0.5, 0.6) is 0 Å². The van der Waals surface area contributed by atoms with E-state index in [1.165, 1.54) is 12.0 Å². The van der Waals surface area contributed by atoms with Crippen molar-refractivity contribution in [3.05, 3.63) is 123 Å². The van der Waals surface area contributed by atoms with Crippen molar-refractivity contribution >= 4 is 40.3 Å². The minimum Gasteiger partial charge on any atom is -0.464 e. The number of rotatable bonds is 8. The molecule has 0 saturated heterocycles. The number of fused-ring (bicyclic) bond motifs is 1. The van der Waals surface area contributed by atoms with Crippen LogP contribution in [0.4, 0.5) is 0 Å². The van der Waals surface area contributed by atoms with E-state index in [0.717, 1.165) is 0 Å². The first kappa shape index (κ1) is 28.3. The Kier molecular flexibility index (Phi) is 8.50. The van der Waals surface area contributed by atoms with Gasteiger partial charge in [0.25, 0.3) is 5.91 Å². The normalized spacial score (nSPS) is 10.7. The largest absolute Gasteiger partial charge is 0.464 e. The van der Waals surface area contributed by atoms with Crippen LogP contribution in [0.2, 0.25) is 5.02 Å². The standard InChI is InChI=1S/C31H28ClN3O5/c1-19(16-27(36)34(2)3)33-30(38)21-12-10-20(11-13-21)17-25-28(31(39)40-4)35(23-8-6-5-7-9-23)26-18-22(32)14-15-24(26)29(25)37/h5-15,18H,1,16-17H2,2-4H3,(H,33,38). The quantitative estimate of drug-likeness (QED) is 0.316. The van der Waals surface area contributed by atoms with E-state index < -0.39 is 11.9 Å². The topological polar surface area (TPSA) is 97.7 Å². The number of methoxy groups -OCH3 is 1. The van der Waals surface area contributed by atoms with Gasteiger partial charge in [0.05, 0.1) is 19.0 Å². The summed E-state index contributed by atoms with van der Waals surface area (Å²) in [6.07, 6.45) is 0.106. The van der Waals surface area contributed by atoms with Gasteiger partial charge in [-0.2, -0.15) is 0 Å². The Morgan fingerprint density at radius 2 is 1.68 bits per heavy atom. The van der Waals surface area contributed by atoms with E-state index in [1.807, 2.05) is 30.3 Å². The van der Waals surface area contributed by atoms with Gasteiger partial charge >= 0.3 is 5.97 Å². The lowest BCUT2D eigenvalue weighted by molar-refractivity contribution is -0.127. The minimum atomic E-state index is -0.667. The van der Waals surface area contributed by atoms with Crippen molar-refractivity contribution < 1.29 is 19.1 Å². The maximum Gasteiger partial charge on any atom is 0.355 e. The summed E-state index contributed by atoms with van der Waals surface area (Å²) in [6.45, 7) is 3.75. The van der Waals surface area contributed by atoms with Crippen LogP contribution in [0.1, 0.15) is 38.4 Å². The van der Waals surface area contributed by atoms with Crippen LogP contribution < -0.4 is 10.7 Å². The molecule has 0 spiro atoms. The molecule has 0 aliphatic carbocycles. The second-order valence-corrected chi connectivity index (χ2v) is 9.81. The number of carbonyl (C=O) groups excluding carboxylic acids is 3. The second-order valence-electron chi connectivity index (χ2n) is 9.38. The molecule has 1 heterocycles. The Bertz CT molecular complexity index is 1680. The number of nitrogens with zero attached hydrogens (tertiary/aromatic N) is 2. The maximum atomic E-state index is 13.7. The fourth-order valence-electron chi connectivity index (χ4n) is 4.32. The number of carbonyl (C=O) groups is 3. The van der Waals surface area contributed by atoms with Crippen molar-refractivity contribution in [2.45, 2.75) is 12.8 Å². The van der Waals surface area contributed by atoms with E-state index >= 15 is 0 Å². The van der Waals surface area contributed by atoms with E-state index in [4.69, 9.17) is 16.3 Å². The highest BCUT2D eigenvalue weighted by Gasteiger charge is 2.24. The first-order valence-electron chi connectivity index (χ1n) is 12.4. The van der Waals surface area contributed by atoms with E-state index in [0.29, 0.717) is 32.7 Å². The van der Waals surface area contributed by atoms with Crippen molar-refractivity contribution in [2.75, 3.05) is 21.2 Å². The Hall–Kier alpha value is -4.69. The maximum absolute atomic E-state index is 13.7. The molecule has 0 aliphatic heterocycles. The first-order chi connectivity index (χ1) is 19.1. The number of esters is 1. The van der Waals surface area contributed by atoms with Gasteiger partial charge in [0, 0.05) is 53.4 Å². The molecule has 2 amide bonds. The van der Waals surface area contributed by atoms with Crippen LogP contribution in [0.15, 0.2) is 89.9 Å². The third kappa shape index (κ3) is 5.97. The fourth-order valence-corrected chi connectivity index (χ4v) is 4.49. The summed E-state index contributed by atoms with van der Waals surface area (Å²) >= 11 is 6.29. The summed E-state index contributed by atoms with van der Waals surface area (Å²) < 4.78 is 6.81. The lowest BCUT2D eigenvalue weighted by Crippen LogP contribution is -2.28. The summed E-state index contributed by atoms with van der Waals surface area (Å²) in [6, 6.07) is 20.7. The smallest absolute Gasteiger partial charge is 0.355 e. The molecular weight excluding hydrogens is 530 g/mol. The Balaban J connectivity index is 1.74. The number of pyridine rings is 1. The number of amides is 2. The molecule has 3 aromatic carbocycles. The number of nitrogens with one attached hydrogen (secondary N) is 1. The summed E-state index contributed by atoms with van der Waals surface area (Å²) in [5, 5.41) is 3.46. The van der Waals surface area contributed by atoms with Crippen LogP contribution in [0.3, 0.4) is 0 Å². The van der Waals surface area contributed by atoms with Gasteiger partial charge in [-0.3, -0.25) is 14.4 Å². The van der Waals surface area contributed by atoms with Gasteiger partial charge in [-0.15, -0.1) is 0 Å². The second kappa shape index (κ2) is 12.0. The van der Waals surface area contributed by atoms with Gasteiger partial charge in [-0.1, -0.05) is 48.5 Å². The molecule has 8 nitrogen and oxygen atoms in total. The van der Waals surface area contributed by atoms with Crippen molar-refractivity contribution in [3.63, 3.8) is 0 Å². The molecule has 0 radical (unpaired) electrons. The first-order valence-corrected chi connectivity index (χ1v) is 12.8. The number of ether oxygens (including phenoxy) is 1. The minimum absolute atomic E-state index is 0.00596. The third-order valence-electron chi connectivity index (χ3n) is 6.37. The van der Waals surface area contributed by atoms with Gasteiger partial charge in [0.15, 0.2) is 5.43 Å².